The topological polar surface area (TPSA) is 47.6 Å². The third-order valence-electron chi connectivity index (χ3n) is 1.18. The van der Waals surface area contributed by atoms with Gasteiger partial charge in [0.15, 0.2) is 0 Å². The lowest BCUT2D eigenvalue weighted by Crippen LogP contribution is -1.76. The van der Waals surface area contributed by atoms with Crippen LogP contribution in [0, 0.1) is 22.7 Å². The maximum Gasteiger partial charge on any atom is 0.0914 e. The molecule has 0 saturated carbocycles. The van der Waals surface area contributed by atoms with Crippen molar-refractivity contribution in [3.8, 4) is 12.1 Å². The van der Waals surface area contributed by atoms with Crippen LogP contribution < -0.4 is 0 Å². The van der Waals surface area contributed by atoms with Gasteiger partial charge in [-0.2, -0.15) is 10.5 Å². The third kappa shape index (κ3) is 2.69. The van der Waals surface area contributed by atoms with Crippen LogP contribution in [0.15, 0.2) is 23.3 Å². The van der Waals surface area contributed by atoms with Gasteiger partial charge in [-0.3, -0.25) is 0 Å². The number of hydrogen-bond acceptors (Lipinski definition) is 2. The monoisotopic (exact) mass is 132 g/mol. The maximum absolute atomic E-state index is 8.22. The molecule has 0 aromatic rings. The van der Waals surface area contributed by atoms with Crippen molar-refractivity contribution in [3.63, 3.8) is 0 Å². The molecule has 0 radical (unpaired) electrons. The molecule has 0 aliphatic heterocycles. The molecule has 0 atom stereocenters. The first-order valence-electron chi connectivity index (χ1n) is 2.85. The van der Waals surface area contributed by atoms with E-state index >= 15 is 0 Å². The molecule has 10 heavy (non-hydrogen) atoms. The van der Waals surface area contributed by atoms with Crippen LogP contribution in [-0.4, -0.2) is 0 Å². The fourth-order valence-corrected chi connectivity index (χ4v) is 0.421. The summed E-state index contributed by atoms with van der Waals surface area (Å²) >= 11 is 0. The Kier molecular flexibility index (Phi) is 3.68. The smallest absolute Gasteiger partial charge is 0.0914 e. The van der Waals surface area contributed by atoms with E-state index < -0.39 is 0 Å². The quantitative estimate of drug-likeness (QED) is 0.404. The molecule has 0 aromatic carbocycles. The summed E-state index contributed by atoms with van der Waals surface area (Å²) in [5, 5.41) is 16.4. The van der Waals surface area contributed by atoms with Crippen molar-refractivity contribution in [2.45, 2.75) is 13.8 Å². The van der Waals surface area contributed by atoms with Crippen LogP contribution in [-0.2, 0) is 0 Å². The average molecular weight is 132 g/mol. The minimum atomic E-state index is 0.837. The standard InChI is InChI=1S/C8H8N2/c1-7(3-5-9)8(2)4-6-10/h3-4H,1-2H3. The fraction of sp³-hybridized carbons (Fsp3) is 0.250. The number of rotatable bonds is 1. The molecule has 0 fully saturated rings. The van der Waals surface area contributed by atoms with E-state index in [0.29, 0.717) is 0 Å². The second-order valence-electron chi connectivity index (χ2n) is 1.91. The fourth-order valence-electron chi connectivity index (χ4n) is 0.421. The second-order valence-corrected chi connectivity index (χ2v) is 1.91. The highest BCUT2D eigenvalue weighted by atomic mass is 14.2. The Hall–Kier alpha value is -1.54. The Morgan fingerprint density at radius 3 is 1.50 bits per heavy atom. The zero-order chi connectivity index (χ0) is 7.98. The zero-order valence-corrected chi connectivity index (χ0v) is 6.05. The summed E-state index contributed by atoms with van der Waals surface area (Å²) in [6, 6.07) is 3.79. The maximum atomic E-state index is 8.22. The van der Waals surface area contributed by atoms with Crippen molar-refractivity contribution >= 4 is 0 Å². The van der Waals surface area contributed by atoms with Crippen LogP contribution in [0.5, 0.6) is 0 Å². The van der Waals surface area contributed by atoms with Gasteiger partial charge in [0.05, 0.1) is 12.1 Å². The molecule has 0 amide bonds. The molecule has 0 spiro atoms. The normalized spacial score (nSPS) is 12.0. The molecule has 0 heterocycles. The van der Waals surface area contributed by atoms with E-state index in [1.807, 2.05) is 12.1 Å². The summed E-state index contributed by atoms with van der Waals surface area (Å²) < 4.78 is 0. The molecule has 0 aliphatic carbocycles. The molecule has 2 nitrogen and oxygen atoms in total. The number of hydrogen-bond donors (Lipinski definition) is 0. The van der Waals surface area contributed by atoms with Gasteiger partial charge in [0.25, 0.3) is 0 Å². The predicted octanol–water partition coefficient (Wildman–Crippen LogP) is 1.93. The van der Waals surface area contributed by atoms with Crippen LogP contribution in [0.4, 0.5) is 0 Å². The highest BCUT2D eigenvalue weighted by Crippen LogP contribution is 2.05. The van der Waals surface area contributed by atoms with Crippen molar-refractivity contribution in [1.82, 2.24) is 0 Å². The largest absolute Gasteiger partial charge is 0.193 e. The summed E-state index contributed by atoms with van der Waals surface area (Å²) in [5.41, 5.74) is 1.67. The molecule has 0 aliphatic rings. The molecule has 0 N–H and O–H groups in total. The van der Waals surface area contributed by atoms with E-state index in [-0.39, 0.29) is 0 Å². The van der Waals surface area contributed by atoms with Crippen molar-refractivity contribution < 1.29 is 0 Å². The minimum Gasteiger partial charge on any atom is -0.193 e. The van der Waals surface area contributed by atoms with Gasteiger partial charge in [-0.1, -0.05) is 0 Å². The lowest BCUT2D eigenvalue weighted by Gasteiger charge is -1.92. The summed E-state index contributed by atoms with van der Waals surface area (Å²) in [7, 11) is 0. The van der Waals surface area contributed by atoms with Gasteiger partial charge >= 0.3 is 0 Å². The lowest BCUT2D eigenvalue weighted by atomic mass is 10.1. The van der Waals surface area contributed by atoms with Crippen LogP contribution in [0.1, 0.15) is 13.8 Å². The second kappa shape index (κ2) is 4.35. The highest BCUT2D eigenvalue weighted by molar-refractivity contribution is 5.34. The van der Waals surface area contributed by atoms with Crippen molar-refractivity contribution in [3.05, 3.63) is 23.3 Å². The van der Waals surface area contributed by atoms with Gasteiger partial charge in [-0.15, -0.1) is 0 Å². The third-order valence-corrected chi connectivity index (χ3v) is 1.18. The Balaban J connectivity index is 4.43. The number of allylic oxidation sites excluding steroid dienone is 4. The van der Waals surface area contributed by atoms with E-state index in [9.17, 15) is 0 Å². The summed E-state index contributed by atoms with van der Waals surface area (Å²) in [6.45, 7) is 3.60. The SMILES string of the molecule is CC(=CC#N)C(C)=CC#N. The molecule has 0 aromatic heterocycles. The van der Waals surface area contributed by atoms with Crippen LogP contribution in [0.3, 0.4) is 0 Å². The molecule has 50 valence electrons. The van der Waals surface area contributed by atoms with E-state index in [0.717, 1.165) is 11.1 Å². The van der Waals surface area contributed by atoms with Crippen molar-refractivity contribution in [2.24, 2.45) is 0 Å². The zero-order valence-electron chi connectivity index (χ0n) is 6.05. The first kappa shape index (κ1) is 8.46. The van der Waals surface area contributed by atoms with Crippen LogP contribution in [0.25, 0.3) is 0 Å². The van der Waals surface area contributed by atoms with E-state index in [2.05, 4.69) is 0 Å². The van der Waals surface area contributed by atoms with E-state index in [1.165, 1.54) is 12.2 Å². The molecular formula is C8H8N2. The minimum absolute atomic E-state index is 0.837. The van der Waals surface area contributed by atoms with Crippen LogP contribution >= 0.6 is 0 Å². The van der Waals surface area contributed by atoms with Crippen molar-refractivity contribution in [1.29, 1.82) is 10.5 Å². The van der Waals surface area contributed by atoms with Gasteiger partial charge in [0, 0.05) is 12.2 Å². The number of nitrogens with zero attached hydrogens (tertiary/aromatic N) is 2. The van der Waals surface area contributed by atoms with Gasteiger partial charge in [-0.25, -0.2) is 0 Å². The molecule has 2 heteroatoms. The van der Waals surface area contributed by atoms with Crippen LogP contribution in [0.2, 0.25) is 0 Å². The first-order chi connectivity index (χ1) is 4.72. The molecular weight excluding hydrogens is 124 g/mol. The highest BCUT2D eigenvalue weighted by Gasteiger charge is 1.89. The van der Waals surface area contributed by atoms with E-state index in [1.54, 1.807) is 13.8 Å². The molecule has 0 bridgehead atoms. The molecule has 0 unspecified atom stereocenters. The Labute approximate surface area is 60.7 Å². The Morgan fingerprint density at radius 2 is 1.30 bits per heavy atom. The molecule has 0 rings (SSSR count). The summed E-state index contributed by atoms with van der Waals surface area (Å²) in [6.07, 6.45) is 2.84. The Bertz CT molecular complexity index is 217. The van der Waals surface area contributed by atoms with Crippen molar-refractivity contribution in [2.75, 3.05) is 0 Å². The summed E-state index contributed by atoms with van der Waals surface area (Å²) in [4.78, 5) is 0. The number of nitriles is 2. The Morgan fingerprint density at radius 1 is 1.00 bits per heavy atom. The lowest BCUT2D eigenvalue weighted by molar-refractivity contribution is 1.34. The summed E-state index contributed by atoms with van der Waals surface area (Å²) in [5.74, 6) is 0. The average Bonchev–Trinajstić information content (AvgIpc) is 1.89. The van der Waals surface area contributed by atoms with Gasteiger partial charge in [0.1, 0.15) is 0 Å². The van der Waals surface area contributed by atoms with E-state index in [4.69, 9.17) is 10.5 Å². The van der Waals surface area contributed by atoms with Gasteiger partial charge < -0.3 is 0 Å². The predicted molar refractivity (Wildman–Crippen MR) is 38.7 cm³/mol. The van der Waals surface area contributed by atoms with Gasteiger partial charge in [0.2, 0.25) is 0 Å². The first-order valence-corrected chi connectivity index (χ1v) is 2.85. The van der Waals surface area contributed by atoms with Gasteiger partial charge in [-0.05, 0) is 25.0 Å². The molecule has 0 saturated heterocycles.